The quantitative estimate of drug-likeness (QED) is 0.415. The zero-order valence-corrected chi connectivity index (χ0v) is 17.0. The number of imide groups is 1. The van der Waals surface area contributed by atoms with Crippen LogP contribution in [0.1, 0.15) is 30.1 Å². The Labute approximate surface area is 175 Å². The SMILES string of the molecule is COc1ccc(C(=O)COc2ccc(N3C(=O)[C@H]4CC=C(C)C[C@@H]4C3=O)cc2)cc1. The molecule has 1 saturated heterocycles. The Morgan fingerprint density at radius 1 is 0.967 bits per heavy atom. The molecule has 2 aromatic rings. The Bertz CT molecular complexity index is 1010. The molecule has 1 heterocycles. The fourth-order valence-corrected chi connectivity index (χ4v) is 3.99. The molecule has 30 heavy (non-hydrogen) atoms. The third-order valence-corrected chi connectivity index (χ3v) is 5.70. The summed E-state index contributed by atoms with van der Waals surface area (Å²) in [7, 11) is 1.57. The number of allylic oxidation sites excluding steroid dienone is 2. The van der Waals surface area contributed by atoms with E-state index in [9.17, 15) is 14.4 Å². The zero-order valence-electron chi connectivity index (χ0n) is 17.0. The van der Waals surface area contributed by atoms with Crippen LogP contribution in [0.4, 0.5) is 5.69 Å². The number of fused-ring (bicyclic) bond motifs is 1. The third kappa shape index (κ3) is 3.73. The van der Waals surface area contributed by atoms with Crippen LogP contribution in [0.25, 0.3) is 0 Å². The van der Waals surface area contributed by atoms with Gasteiger partial charge in [-0.05, 0) is 68.3 Å². The van der Waals surface area contributed by atoms with Crippen LogP contribution in [0.15, 0.2) is 60.2 Å². The Kier molecular flexibility index (Phi) is 5.40. The first kappa shape index (κ1) is 19.9. The topological polar surface area (TPSA) is 72.9 Å². The summed E-state index contributed by atoms with van der Waals surface area (Å²) in [5.41, 5.74) is 2.22. The van der Waals surface area contributed by atoms with Gasteiger partial charge in [0, 0.05) is 5.56 Å². The van der Waals surface area contributed by atoms with Crippen LogP contribution in [0.3, 0.4) is 0 Å². The minimum absolute atomic E-state index is 0.109. The molecule has 0 aromatic heterocycles. The van der Waals surface area contributed by atoms with E-state index in [2.05, 4.69) is 0 Å². The molecule has 4 rings (SSSR count). The van der Waals surface area contributed by atoms with Crippen LogP contribution in [-0.4, -0.2) is 31.3 Å². The molecule has 1 fully saturated rings. The van der Waals surface area contributed by atoms with Crippen molar-refractivity contribution in [1.29, 1.82) is 0 Å². The van der Waals surface area contributed by atoms with E-state index in [0.29, 0.717) is 35.6 Å². The Morgan fingerprint density at radius 3 is 2.27 bits per heavy atom. The number of Topliss-reactive ketones (excluding diaryl/α,β-unsaturated/α-hetero) is 1. The number of amides is 2. The molecule has 2 amide bonds. The molecule has 2 aliphatic rings. The minimum Gasteiger partial charge on any atom is -0.497 e. The fraction of sp³-hybridized carbons (Fsp3) is 0.292. The molecule has 1 aliphatic heterocycles. The smallest absolute Gasteiger partial charge is 0.238 e. The van der Waals surface area contributed by atoms with E-state index in [0.717, 1.165) is 5.57 Å². The van der Waals surface area contributed by atoms with Gasteiger partial charge in [-0.3, -0.25) is 19.3 Å². The van der Waals surface area contributed by atoms with E-state index in [1.807, 2.05) is 13.0 Å². The molecular formula is C24H23NO5. The normalized spacial score (nSPS) is 20.6. The fourth-order valence-electron chi connectivity index (χ4n) is 3.99. The van der Waals surface area contributed by atoms with Gasteiger partial charge in [-0.25, -0.2) is 0 Å². The van der Waals surface area contributed by atoms with Crippen LogP contribution in [-0.2, 0) is 9.59 Å². The molecule has 6 nitrogen and oxygen atoms in total. The summed E-state index contributed by atoms with van der Waals surface area (Å²) < 4.78 is 10.7. The summed E-state index contributed by atoms with van der Waals surface area (Å²) in [6.45, 7) is 1.89. The molecule has 0 spiro atoms. The second-order valence-corrected chi connectivity index (χ2v) is 7.65. The predicted octanol–water partition coefficient (Wildman–Crippen LogP) is 3.80. The van der Waals surface area contributed by atoms with E-state index in [4.69, 9.17) is 9.47 Å². The number of ether oxygens (including phenoxy) is 2. The second-order valence-electron chi connectivity index (χ2n) is 7.65. The van der Waals surface area contributed by atoms with E-state index < -0.39 is 0 Å². The molecule has 0 unspecified atom stereocenters. The lowest BCUT2D eigenvalue weighted by atomic mass is 9.82. The molecular weight excluding hydrogens is 382 g/mol. The number of benzene rings is 2. The Hall–Kier alpha value is -3.41. The zero-order chi connectivity index (χ0) is 21.3. The van der Waals surface area contributed by atoms with Gasteiger partial charge in [-0.15, -0.1) is 0 Å². The van der Waals surface area contributed by atoms with Gasteiger partial charge in [0.05, 0.1) is 24.6 Å². The van der Waals surface area contributed by atoms with Crippen molar-refractivity contribution in [3.63, 3.8) is 0 Å². The van der Waals surface area contributed by atoms with Gasteiger partial charge < -0.3 is 9.47 Å². The number of carbonyl (C=O) groups excluding carboxylic acids is 3. The number of methoxy groups -OCH3 is 1. The first-order chi connectivity index (χ1) is 14.5. The van der Waals surface area contributed by atoms with Gasteiger partial charge in [0.2, 0.25) is 11.8 Å². The van der Waals surface area contributed by atoms with E-state index >= 15 is 0 Å². The molecule has 1 aliphatic carbocycles. The highest BCUT2D eigenvalue weighted by Crippen LogP contribution is 2.39. The molecule has 0 saturated carbocycles. The van der Waals surface area contributed by atoms with Crippen molar-refractivity contribution in [1.82, 2.24) is 0 Å². The van der Waals surface area contributed by atoms with Gasteiger partial charge in [0.15, 0.2) is 12.4 Å². The molecule has 0 N–H and O–H groups in total. The largest absolute Gasteiger partial charge is 0.497 e. The summed E-state index contributed by atoms with van der Waals surface area (Å²) in [5.74, 6) is 0.214. The maximum atomic E-state index is 12.8. The summed E-state index contributed by atoms with van der Waals surface area (Å²) in [5, 5.41) is 0. The van der Waals surface area contributed by atoms with Gasteiger partial charge >= 0.3 is 0 Å². The third-order valence-electron chi connectivity index (χ3n) is 5.70. The number of ketones is 1. The number of nitrogens with zero attached hydrogens (tertiary/aromatic N) is 1. The lowest BCUT2D eigenvalue weighted by Gasteiger charge is -2.18. The number of anilines is 1. The number of hydrogen-bond acceptors (Lipinski definition) is 5. The minimum atomic E-state index is -0.265. The molecule has 2 atom stereocenters. The molecule has 0 radical (unpaired) electrons. The highest BCUT2D eigenvalue weighted by atomic mass is 16.5. The maximum Gasteiger partial charge on any atom is 0.238 e. The van der Waals surface area contributed by atoms with Gasteiger partial charge in [-0.2, -0.15) is 0 Å². The van der Waals surface area contributed by atoms with E-state index in [-0.39, 0.29) is 36.0 Å². The summed E-state index contributed by atoms with van der Waals surface area (Å²) in [6, 6.07) is 13.5. The van der Waals surface area contributed by atoms with Crippen molar-refractivity contribution in [3.05, 3.63) is 65.7 Å². The number of hydrogen-bond donors (Lipinski definition) is 0. The van der Waals surface area contributed by atoms with Crippen molar-refractivity contribution in [3.8, 4) is 11.5 Å². The van der Waals surface area contributed by atoms with E-state index in [1.165, 1.54) is 4.90 Å². The van der Waals surface area contributed by atoms with Crippen LogP contribution >= 0.6 is 0 Å². The summed E-state index contributed by atoms with van der Waals surface area (Å²) in [4.78, 5) is 39.1. The number of rotatable bonds is 6. The van der Waals surface area contributed by atoms with Crippen LogP contribution in [0, 0.1) is 11.8 Å². The second kappa shape index (κ2) is 8.14. The van der Waals surface area contributed by atoms with Crippen molar-refractivity contribution >= 4 is 23.3 Å². The summed E-state index contributed by atoms with van der Waals surface area (Å²) >= 11 is 0. The van der Waals surface area contributed by atoms with Gasteiger partial charge in [-0.1, -0.05) is 11.6 Å². The van der Waals surface area contributed by atoms with Crippen molar-refractivity contribution < 1.29 is 23.9 Å². The van der Waals surface area contributed by atoms with Crippen LogP contribution in [0.5, 0.6) is 11.5 Å². The Morgan fingerprint density at radius 2 is 1.60 bits per heavy atom. The van der Waals surface area contributed by atoms with Crippen molar-refractivity contribution in [2.45, 2.75) is 19.8 Å². The van der Waals surface area contributed by atoms with Crippen molar-refractivity contribution in [2.24, 2.45) is 11.8 Å². The Balaban J connectivity index is 1.40. The molecule has 2 aromatic carbocycles. The van der Waals surface area contributed by atoms with Crippen LogP contribution in [0.2, 0.25) is 0 Å². The molecule has 6 heteroatoms. The highest BCUT2D eigenvalue weighted by Gasteiger charge is 2.48. The molecule has 154 valence electrons. The van der Waals surface area contributed by atoms with Gasteiger partial charge in [0.25, 0.3) is 0 Å². The van der Waals surface area contributed by atoms with Gasteiger partial charge in [0.1, 0.15) is 11.5 Å². The van der Waals surface area contributed by atoms with Crippen LogP contribution < -0.4 is 14.4 Å². The van der Waals surface area contributed by atoms with Crippen molar-refractivity contribution in [2.75, 3.05) is 18.6 Å². The average Bonchev–Trinajstić information content (AvgIpc) is 3.02. The average molecular weight is 405 g/mol. The molecule has 0 bridgehead atoms. The lowest BCUT2D eigenvalue weighted by molar-refractivity contribution is -0.122. The number of carbonyl (C=O) groups is 3. The first-order valence-electron chi connectivity index (χ1n) is 9.91. The first-order valence-corrected chi connectivity index (χ1v) is 9.91. The maximum absolute atomic E-state index is 12.8. The predicted molar refractivity (Wildman–Crippen MR) is 112 cm³/mol. The standard InChI is InChI=1S/C24H23NO5/c1-15-3-12-20-21(13-15)24(28)25(23(20)27)17-6-10-19(11-7-17)30-14-22(26)16-4-8-18(29-2)9-5-16/h3-11,20-21H,12-14H2,1-2H3/t20-,21-/m0/s1. The highest BCUT2D eigenvalue weighted by molar-refractivity contribution is 6.22. The summed E-state index contributed by atoms with van der Waals surface area (Å²) in [6.07, 6.45) is 3.30. The van der Waals surface area contributed by atoms with E-state index in [1.54, 1.807) is 55.6 Å². The lowest BCUT2D eigenvalue weighted by Crippen LogP contribution is -2.30. The monoisotopic (exact) mass is 405 g/mol.